The van der Waals surface area contributed by atoms with Gasteiger partial charge >= 0.3 is 6.09 Å². The standard InChI is InChI=1S/C12H18BrN3O2/c1-12(2,3)18-11(17)16-9(7-14)8-5-4-6-10(13)15-8/h4-6,9H,7,14H2,1-3H3,(H,16,17). The van der Waals surface area contributed by atoms with Crippen LogP contribution in [-0.2, 0) is 4.74 Å². The second kappa shape index (κ2) is 6.15. The van der Waals surface area contributed by atoms with Gasteiger partial charge in [0.1, 0.15) is 10.2 Å². The van der Waals surface area contributed by atoms with Crippen LogP contribution in [0.4, 0.5) is 4.79 Å². The zero-order valence-electron chi connectivity index (χ0n) is 10.7. The van der Waals surface area contributed by atoms with Crippen molar-refractivity contribution in [2.75, 3.05) is 6.54 Å². The molecule has 0 saturated carbocycles. The Morgan fingerprint density at radius 3 is 2.72 bits per heavy atom. The number of nitrogens with zero attached hydrogens (tertiary/aromatic N) is 1. The molecule has 0 aliphatic carbocycles. The van der Waals surface area contributed by atoms with Gasteiger partial charge in [-0.3, -0.25) is 0 Å². The van der Waals surface area contributed by atoms with Gasteiger partial charge < -0.3 is 15.8 Å². The average Bonchev–Trinajstić information content (AvgIpc) is 2.23. The molecule has 0 aromatic carbocycles. The van der Waals surface area contributed by atoms with Crippen LogP contribution in [0.15, 0.2) is 22.8 Å². The zero-order valence-corrected chi connectivity index (χ0v) is 12.3. The third kappa shape index (κ3) is 5.01. The molecule has 0 spiro atoms. The quantitative estimate of drug-likeness (QED) is 0.839. The summed E-state index contributed by atoms with van der Waals surface area (Å²) in [5, 5.41) is 2.70. The summed E-state index contributed by atoms with van der Waals surface area (Å²) in [5.41, 5.74) is 5.80. The monoisotopic (exact) mass is 315 g/mol. The molecule has 3 N–H and O–H groups in total. The molecule has 0 fully saturated rings. The number of carbonyl (C=O) groups is 1. The first-order chi connectivity index (χ1) is 8.31. The highest BCUT2D eigenvalue weighted by Crippen LogP contribution is 2.14. The molecule has 0 saturated heterocycles. The molecule has 100 valence electrons. The molecule has 0 aliphatic rings. The second-order valence-corrected chi connectivity index (χ2v) is 5.63. The third-order valence-corrected chi connectivity index (χ3v) is 2.46. The van der Waals surface area contributed by atoms with E-state index in [1.807, 2.05) is 12.1 Å². The number of pyridine rings is 1. The van der Waals surface area contributed by atoms with Crippen LogP contribution < -0.4 is 11.1 Å². The fraction of sp³-hybridized carbons (Fsp3) is 0.500. The Kier molecular flexibility index (Phi) is 5.10. The lowest BCUT2D eigenvalue weighted by atomic mass is 10.2. The Morgan fingerprint density at radius 2 is 2.22 bits per heavy atom. The lowest BCUT2D eigenvalue weighted by molar-refractivity contribution is 0.0504. The molecule has 1 unspecified atom stereocenters. The highest BCUT2D eigenvalue weighted by molar-refractivity contribution is 9.10. The van der Waals surface area contributed by atoms with Crippen molar-refractivity contribution in [3.8, 4) is 0 Å². The van der Waals surface area contributed by atoms with Crippen molar-refractivity contribution in [3.63, 3.8) is 0 Å². The number of rotatable bonds is 3. The van der Waals surface area contributed by atoms with E-state index in [2.05, 4.69) is 26.2 Å². The van der Waals surface area contributed by atoms with Crippen LogP contribution in [0.1, 0.15) is 32.5 Å². The van der Waals surface area contributed by atoms with E-state index in [1.54, 1.807) is 26.8 Å². The summed E-state index contributed by atoms with van der Waals surface area (Å²) in [6, 6.07) is 5.09. The van der Waals surface area contributed by atoms with E-state index < -0.39 is 11.7 Å². The number of alkyl carbamates (subject to hydrolysis) is 1. The minimum Gasteiger partial charge on any atom is -0.444 e. The average molecular weight is 316 g/mol. The number of ether oxygens (including phenoxy) is 1. The first-order valence-corrected chi connectivity index (χ1v) is 6.43. The Labute approximate surface area is 115 Å². The third-order valence-electron chi connectivity index (χ3n) is 2.02. The molecule has 1 aromatic rings. The van der Waals surface area contributed by atoms with Crippen molar-refractivity contribution in [3.05, 3.63) is 28.5 Å². The van der Waals surface area contributed by atoms with E-state index in [4.69, 9.17) is 10.5 Å². The summed E-state index contributed by atoms with van der Waals surface area (Å²) >= 11 is 3.28. The Balaban J connectivity index is 2.71. The number of aromatic nitrogens is 1. The predicted molar refractivity (Wildman–Crippen MR) is 73.1 cm³/mol. The molecule has 0 bridgehead atoms. The largest absolute Gasteiger partial charge is 0.444 e. The number of hydrogen-bond acceptors (Lipinski definition) is 4. The lowest BCUT2D eigenvalue weighted by Gasteiger charge is -2.22. The fourth-order valence-electron chi connectivity index (χ4n) is 1.32. The van der Waals surface area contributed by atoms with Gasteiger partial charge in [0.25, 0.3) is 0 Å². The number of nitrogens with one attached hydrogen (secondary N) is 1. The van der Waals surface area contributed by atoms with Crippen LogP contribution in [0.25, 0.3) is 0 Å². The van der Waals surface area contributed by atoms with Gasteiger partial charge in [-0.05, 0) is 48.8 Å². The van der Waals surface area contributed by atoms with Crippen LogP contribution in [0, 0.1) is 0 Å². The summed E-state index contributed by atoms with van der Waals surface area (Å²) in [5.74, 6) is 0. The maximum absolute atomic E-state index is 11.7. The van der Waals surface area contributed by atoms with E-state index in [0.29, 0.717) is 10.3 Å². The highest BCUT2D eigenvalue weighted by Gasteiger charge is 2.20. The molecular weight excluding hydrogens is 298 g/mol. The maximum Gasteiger partial charge on any atom is 0.408 e. The number of hydrogen-bond donors (Lipinski definition) is 2. The molecule has 0 aliphatic heterocycles. The van der Waals surface area contributed by atoms with Crippen LogP contribution >= 0.6 is 15.9 Å². The smallest absolute Gasteiger partial charge is 0.408 e. The maximum atomic E-state index is 11.7. The predicted octanol–water partition coefficient (Wildman–Crippen LogP) is 2.37. The summed E-state index contributed by atoms with van der Waals surface area (Å²) in [7, 11) is 0. The summed E-state index contributed by atoms with van der Waals surface area (Å²) in [4.78, 5) is 15.9. The van der Waals surface area contributed by atoms with Gasteiger partial charge in [-0.15, -0.1) is 0 Å². The number of carbonyl (C=O) groups excluding carboxylic acids is 1. The molecule has 1 rings (SSSR count). The van der Waals surface area contributed by atoms with Gasteiger partial charge in [0.15, 0.2) is 0 Å². The topological polar surface area (TPSA) is 77.2 Å². The minimum absolute atomic E-state index is 0.253. The van der Waals surface area contributed by atoms with Crippen LogP contribution in [-0.4, -0.2) is 23.2 Å². The molecule has 18 heavy (non-hydrogen) atoms. The van der Waals surface area contributed by atoms with Crippen molar-refractivity contribution in [2.45, 2.75) is 32.4 Å². The number of halogens is 1. The molecule has 5 nitrogen and oxygen atoms in total. The van der Waals surface area contributed by atoms with E-state index >= 15 is 0 Å². The van der Waals surface area contributed by atoms with E-state index in [-0.39, 0.29) is 12.6 Å². The van der Waals surface area contributed by atoms with Crippen LogP contribution in [0.5, 0.6) is 0 Å². The normalized spacial score (nSPS) is 12.9. The molecule has 1 aromatic heterocycles. The SMILES string of the molecule is CC(C)(C)OC(=O)NC(CN)c1cccc(Br)n1. The fourth-order valence-corrected chi connectivity index (χ4v) is 1.68. The number of amides is 1. The van der Waals surface area contributed by atoms with Crippen molar-refractivity contribution in [2.24, 2.45) is 5.73 Å². The van der Waals surface area contributed by atoms with E-state index in [9.17, 15) is 4.79 Å². The molecule has 0 radical (unpaired) electrons. The Hall–Kier alpha value is -1.14. The summed E-state index contributed by atoms with van der Waals surface area (Å²) in [6.07, 6.45) is -0.500. The first kappa shape index (κ1) is 14.9. The van der Waals surface area contributed by atoms with Gasteiger partial charge in [-0.2, -0.15) is 0 Å². The molecule has 6 heteroatoms. The van der Waals surface area contributed by atoms with Crippen molar-refractivity contribution in [1.29, 1.82) is 0 Å². The second-order valence-electron chi connectivity index (χ2n) is 4.82. The Morgan fingerprint density at radius 1 is 1.56 bits per heavy atom. The van der Waals surface area contributed by atoms with Crippen LogP contribution in [0.2, 0.25) is 0 Å². The molecule has 1 amide bonds. The van der Waals surface area contributed by atoms with Gasteiger partial charge in [0, 0.05) is 6.54 Å². The van der Waals surface area contributed by atoms with Gasteiger partial charge in [-0.25, -0.2) is 9.78 Å². The number of nitrogens with two attached hydrogens (primary N) is 1. The molecule has 1 atom stereocenters. The zero-order chi connectivity index (χ0) is 13.8. The first-order valence-electron chi connectivity index (χ1n) is 5.64. The highest BCUT2D eigenvalue weighted by atomic mass is 79.9. The van der Waals surface area contributed by atoms with Gasteiger partial charge in [-0.1, -0.05) is 6.07 Å². The van der Waals surface area contributed by atoms with E-state index in [0.717, 1.165) is 0 Å². The summed E-state index contributed by atoms with van der Waals surface area (Å²) in [6.45, 7) is 5.67. The van der Waals surface area contributed by atoms with Crippen molar-refractivity contribution >= 4 is 22.0 Å². The van der Waals surface area contributed by atoms with Gasteiger partial charge in [0.05, 0.1) is 11.7 Å². The molecule has 1 heterocycles. The minimum atomic E-state index is -0.534. The Bertz CT molecular complexity index is 418. The molecular formula is C12H18BrN3O2. The van der Waals surface area contributed by atoms with Crippen LogP contribution in [0.3, 0.4) is 0 Å². The van der Waals surface area contributed by atoms with Crippen molar-refractivity contribution < 1.29 is 9.53 Å². The van der Waals surface area contributed by atoms with Gasteiger partial charge in [0.2, 0.25) is 0 Å². The van der Waals surface area contributed by atoms with Crippen molar-refractivity contribution in [1.82, 2.24) is 10.3 Å². The van der Waals surface area contributed by atoms with E-state index in [1.165, 1.54) is 0 Å². The lowest BCUT2D eigenvalue weighted by Crippen LogP contribution is -2.38. The summed E-state index contributed by atoms with van der Waals surface area (Å²) < 4.78 is 5.88.